The van der Waals surface area contributed by atoms with E-state index in [0.29, 0.717) is 12.8 Å². The van der Waals surface area contributed by atoms with E-state index < -0.39 is 48.5 Å². The molecule has 2 atom stereocenters. The number of alkyl halides is 2. The van der Waals surface area contributed by atoms with Gasteiger partial charge in [-0.1, -0.05) is 35.9 Å². The summed E-state index contributed by atoms with van der Waals surface area (Å²) in [5, 5.41) is 2.79. The number of amides is 3. The molecule has 186 valence electrons. The van der Waals surface area contributed by atoms with E-state index in [0.717, 1.165) is 11.0 Å². The molecule has 1 heterocycles. The van der Waals surface area contributed by atoms with Crippen molar-refractivity contribution in [2.75, 3.05) is 11.9 Å². The molecule has 3 amide bonds. The van der Waals surface area contributed by atoms with Gasteiger partial charge in [-0.2, -0.15) is 0 Å². The molecule has 10 heteroatoms. The fourth-order valence-electron chi connectivity index (χ4n) is 4.60. The molecule has 2 aromatic carbocycles. The summed E-state index contributed by atoms with van der Waals surface area (Å²) >= 11 is 6.41. The fourth-order valence-corrected chi connectivity index (χ4v) is 4.84. The number of benzene rings is 2. The molecule has 1 saturated heterocycles. The largest absolute Gasteiger partial charge is 0.351 e. The summed E-state index contributed by atoms with van der Waals surface area (Å²) < 4.78 is 41.0. The first-order valence-electron chi connectivity index (χ1n) is 11.3. The highest BCUT2D eigenvalue weighted by atomic mass is 35.5. The van der Waals surface area contributed by atoms with Crippen molar-refractivity contribution < 1.29 is 27.6 Å². The minimum absolute atomic E-state index is 0.0913. The Morgan fingerprint density at radius 1 is 1.20 bits per heavy atom. The van der Waals surface area contributed by atoms with Crippen LogP contribution in [0.5, 0.6) is 0 Å². The van der Waals surface area contributed by atoms with Gasteiger partial charge < -0.3 is 10.2 Å². The lowest BCUT2D eigenvalue weighted by Gasteiger charge is -2.38. The summed E-state index contributed by atoms with van der Waals surface area (Å²) in [6, 6.07) is 9.14. The molecule has 2 fully saturated rings. The molecule has 35 heavy (non-hydrogen) atoms. The van der Waals surface area contributed by atoms with Crippen LogP contribution in [0.2, 0.25) is 5.02 Å². The van der Waals surface area contributed by atoms with Gasteiger partial charge in [0.1, 0.15) is 11.9 Å². The zero-order valence-electron chi connectivity index (χ0n) is 19.0. The minimum atomic E-state index is -2.85. The monoisotopic (exact) mass is 507 g/mol. The van der Waals surface area contributed by atoms with E-state index in [4.69, 9.17) is 11.6 Å². The predicted octanol–water partition coefficient (Wildman–Crippen LogP) is 4.48. The Morgan fingerprint density at radius 3 is 2.51 bits per heavy atom. The van der Waals surface area contributed by atoms with Crippen molar-refractivity contribution in [3.8, 4) is 0 Å². The quantitative estimate of drug-likeness (QED) is 0.601. The molecule has 1 N–H and O–H groups in total. The van der Waals surface area contributed by atoms with Crippen LogP contribution in [0.3, 0.4) is 0 Å². The molecule has 1 aliphatic carbocycles. The Morgan fingerprint density at radius 2 is 1.91 bits per heavy atom. The Balaban J connectivity index is 1.73. The van der Waals surface area contributed by atoms with Crippen molar-refractivity contribution in [1.29, 1.82) is 0 Å². The Labute approximate surface area is 206 Å². The fraction of sp³-hybridized carbons (Fsp3) is 0.400. The number of hydrogen-bond acceptors (Lipinski definition) is 3. The van der Waals surface area contributed by atoms with Crippen LogP contribution in [0, 0.1) is 5.82 Å². The summed E-state index contributed by atoms with van der Waals surface area (Å²) in [7, 11) is 1.61. The molecular weight excluding hydrogens is 483 g/mol. The highest BCUT2D eigenvalue weighted by Crippen LogP contribution is 2.39. The van der Waals surface area contributed by atoms with Gasteiger partial charge in [-0.05, 0) is 30.7 Å². The van der Waals surface area contributed by atoms with Crippen molar-refractivity contribution in [3.63, 3.8) is 0 Å². The first-order chi connectivity index (χ1) is 16.6. The second-order valence-corrected chi connectivity index (χ2v) is 9.45. The van der Waals surface area contributed by atoms with Crippen LogP contribution in [-0.4, -0.2) is 47.7 Å². The third-order valence-electron chi connectivity index (χ3n) is 6.54. The maximum absolute atomic E-state index is 14.2. The standard InChI is InChI=1S/C25H25ClF3N3O3/c1-31-17(9-10-21(31)33)12-22(34)32(18-6-4-5-15(27)11-18)23(19-7-2-3-8-20(19)26)24(35)30-16-13-25(28,29)14-16/h2-8,11,16-17,23H,9-10,12-14H2,1H3,(H,30,35). The number of anilines is 1. The van der Waals surface area contributed by atoms with Gasteiger partial charge in [0.15, 0.2) is 0 Å². The molecule has 4 rings (SSSR count). The van der Waals surface area contributed by atoms with Crippen LogP contribution < -0.4 is 10.2 Å². The van der Waals surface area contributed by atoms with E-state index in [9.17, 15) is 27.6 Å². The molecule has 1 saturated carbocycles. The topological polar surface area (TPSA) is 69.7 Å². The number of halogens is 4. The maximum atomic E-state index is 14.2. The molecule has 2 unspecified atom stereocenters. The van der Waals surface area contributed by atoms with Gasteiger partial charge in [0.25, 0.3) is 5.92 Å². The van der Waals surface area contributed by atoms with Crippen molar-refractivity contribution in [2.24, 2.45) is 0 Å². The van der Waals surface area contributed by atoms with Gasteiger partial charge in [-0.25, -0.2) is 13.2 Å². The molecule has 2 aliphatic rings. The molecular formula is C25H25ClF3N3O3. The van der Waals surface area contributed by atoms with Gasteiger partial charge >= 0.3 is 0 Å². The van der Waals surface area contributed by atoms with Crippen LogP contribution in [0.1, 0.15) is 43.7 Å². The predicted molar refractivity (Wildman–Crippen MR) is 125 cm³/mol. The molecule has 0 spiro atoms. The van der Waals surface area contributed by atoms with Crippen LogP contribution in [-0.2, 0) is 14.4 Å². The Kier molecular flexibility index (Phi) is 7.07. The van der Waals surface area contributed by atoms with E-state index in [2.05, 4.69) is 5.32 Å². The molecule has 0 radical (unpaired) electrons. The number of hydrogen-bond donors (Lipinski definition) is 1. The number of likely N-dealkylation sites (tertiary alicyclic amines) is 1. The van der Waals surface area contributed by atoms with Crippen LogP contribution in [0.25, 0.3) is 0 Å². The van der Waals surface area contributed by atoms with E-state index in [1.54, 1.807) is 31.3 Å². The third-order valence-corrected chi connectivity index (χ3v) is 6.88. The zero-order valence-corrected chi connectivity index (χ0v) is 19.8. The average molecular weight is 508 g/mol. The molecule has 0 bridgehead atoms. The first-order valence-corrected chi connectivity index (χ1v) is 11.7. The summed E-state index contributed by atoms with van der Waals surface area (Å²) in [6.07, 6.45) is -0.334. The lowest BCUT2D eigenvalue weighted by Crippen LogP contribution is -2.54. The summed E-state index contributed by atoms with van der Waals surface area (Å²) in [6.45, 7) is 0. The second kappa shape index (κ2) is 9.89. The third kappa shape index (κ3) is 5.45. The normalized spacial score (nSPS) is 20.3. The van der Waals surface area contributed by atoms with Gasteiger partial charge in [-0.3, -0.25) is 19.3 Å². The highest BCUT2D eigenvalue weighted by molar-refractivity contribution is 6.31. The van der Waals surface area contributed by atoms with E-state index in [1.165, 1.54) is 23.1 Å². The zero-order chi connectivity index (χ0) is 25.3. The van der Waals surface area contributed by atoms with Crippen LogP contribution in [0.15, 0.2) is 48.5 Å². The van der Waals surface area contributed by atoms with Crippen molar-refractivity contribution >= 4 is 35.0 Å². The highest BCUT2D eigenvalue weighted by Gasteiger charge is 2.47. The smallest absolute Gasteiger partial charge is 0.252 e. The van der Waals surface area contributed by atoms with E-state index >= 15 is 0 Å². The van der Waals surface area contributed by atoms with Crippen molar-refractivity contribution in [2.45, 2.75) is 56.2 Å². The Hall–Kier alpha value is -3.07. The lowest BCUT2D eigenvalue weighted by atomic mass is 9.87. The average Bonchev–Trinajstić information content (AvgIpc) is 3.08. The van der Waals surface area contributed by atoms with Crippen LogP contribution in [0.4, 0.5) is 18.9 Å². The van der Waals surface area contributed by atoms with Crippen LogP contribution >= 0.6 is 11.6 Å². The second-order valence-electron chi connectivity index (χ2n) is 9.04. The minimum Gasteiger partial charge on any atom is -0.351 e. The summed E-state index contributed by atoms with van der Waals surface area (Å²) in [5.74, 6) is -4.79. The van der Waals surface area contributed by atoms with Gasteiger partial charge in [0.05, 0.1) is 0 Å². The molecule has 1 aliphatic heterocycles. The first kappa shape index (κ1) is 25.0. The molecule has 6 nitrogen and oxygen atoms in total. The summed E-state index contributed by atoms with van der Waals surface area (Å²) in [4.78, 5) is 41.8. The maximum Gasteiger partial charge on any atom is 0.252 e. The van der Waals surface area contributed by atoms with Gasteiger partial charge in [-0.15, -0.1) is 0 Å². The summed E-state index contributed by atoms with van der Waals surface area (Å²) in [5.41, 5.74) is 0.382. The van der Waals surface area contributed by atoms with E-state index in [1.807, 2.05) is 0 Å². The van der Waals surface area contributed by atoms with Crippen molar-refractivity contribution in [3.05, 3.63) is 64.9 Å². The van der Waals surface area contributed by atoms with Gasteiger partial charge in [0.2, 0.25) is 17.7 Å². The lowest BCUT2D eigenvalue weighted by molar-refractivity contribution is -0.133. The van der Waals surface area contributed by atoms with Crippen molar-refractivity contribution in [1.82, 2.24) is 10.2 Å². The molecule has 0 aromatic heterocycles. The number of carbonyl (C=O) groups is 3. The number of carbonyl (C=O) groups excluding carboxylic acids is 3. The van der Waals surface area contributed by atoms with E-state index in [-0.39, 0.29) is 34.6 Å². The number of rotatable bonds is 7. The Bertz CT molecular complexity index is 1140. The number of nitrogens with zero attached hydrogens (tertiary/aromatic N) is 2. The number of nitrogens with one attached hydrogen (secondary N) is 1. The van der Waals surface area contributed by atoms with Gasteiger partial charge in [0, 0.05) is 61.1 Å². The SMILES string of the molecule is CN1C(=O)CCC1CC(=O)N(c1cccc(F)c1)C(C(=O)NC1CC(F)(F)C1)c1ccccc1Cl. The molecule has 2 aromatic rings.